The van der Waals surface area contributed by atoms with Crippen molar-refractivity contribution < 1.29 is 1.37 Å². The molecule has 0 bridgehead atoms. The molecule has 0 fully saturated rings. The highest BCUT2D eigenvalue weighted by Gasteiger charge is 1.93. The zero-order valence-electron chi connectivity index (χ0n) is 14.0. The van der Waals surface area contributed by atoms with Crippen molar-refractivity contribution in [1.29, 1.82) is 0 Å². The van der Waals surface area contributed by atoms with Gasteiger partial charge in [-0.25, -0.2) is 0 Å². The molecule has 0 saturated carbocycles. The molecule has 0 N–H and O–H groups in total. The van der Waals surface area contributed by atoms with Crippen LogP contribution >= 0.6 is 0 Å². The molecular weight excluding hydrogens is 216 g/mol. The molecule has 0 aromatic carbocycles. The molecule has 0 aliphatic carbocycles. The minimum atomic E-state index is 0.623. The third kappa shape index (κ3) is 16.0. The molecule has 0 heterocycles. The van der Waals surface area contributed by atoms with Crippen LogP contribution < -0.4 is 0 Å². The molecule has 0 aromatic rings. The Morgan fingerprint density at radius 3 is 1.00 bits per heavy atom. The Morgan fingerprint density at radius 1 is 0.444 bits per heavy atom. The maximum absolute atomic E-state index is 7.08. The van der Waals surface area contributed by atoms with E-state index in [-0.39, 0.29) is 0 Å². The summed E-state index contributed by atoms with van der Waals surface area (Å²) in [6.07, 6.45) is 22.5. The fourth-order valence-corrected chi connectivity index (χ4v) is 2.55. The Bertz CT molecular complexity index is 129. The van der Waals surface area contributed by atoms with Crippen molar-refractivity contribution in [3.8, 4) is 0 Å². The number of unbranched alkanes of at least 4 members (excludes halogenated alkanes) is 15. The van der Waals surface area contributed by atoms with Crippen molar-refractivity contribution in [3.63, 3.8) is 0 Å². The first-order valence-corrected chi connectivity index (χ1v) is 8.71. The van der Waals surface area contributed by atoms with Crippen LogP contribution in [0, 0.1) is 0 Å². The lowest BCUT2D eigenvalue weighted by atomic mass is 10.0. The molecule has 0 saturated heterocycles. The molecule has 0 aliphatic rings. The number of hydrogen-bond donors (Lipinski definition) is 0. The summed E-state index contributed by atoms with van der Waals surface area (Å²) in [5, 5.41) is 0. The van der Waals surface area contributed by atoms with Crippen molar-refractivity contribution in [1.82, 2.24) is 0 Å². The number of hydrogen-bond acceptors (Lipinski definition) is 0. The largest absolute Gasteiger partial charge is 0.0654 e. The van der Waals surface area contributed by atoms with E-state index < -0.39 is 0 Å². The SMILES string of the molecule is [2H]CCCCCCCCCCCCCCCCCC. The van der Waals surface area contributed by atoms with Gasteiger partial charge in [-0.1, -0.05) is 117 Å². The summed E-state index contributed by atoms with van der Waals surface area (Å²) in [5.41, 5.74) is 0. The Hall–Kier alpha value is 0. The fourth-order valence-electron chi connectivity index (χ4n) is 2.55. The quantitative estimate of drug-likeness (QED) is 0.270. The zero-order valence-corrected chi connectivity index (χ0v) is 13.0. The monoisotopic (exact) mass is 255 g/mol. The number of rotatable bonds is 15. The van der Waals surface area contributed by atoms with Crippen LogP contribution in [0.4, 0.5) is 0 Å². The Labute approximate surface area is 118 Å². The summed E-state index contributed by atoms with van der Waals surface area (Å²) in [6.45, 7) is 2.91. The minimum Gasteiger partial charge on any atom is -0.0654 e. The van der Waals surface area contributed by atoms with Crippen molar-refractivity contribution in [2.75, 3.05) is 0 Å². The van der Waals surface area contributed by atoms with Gasteiger partial charge in [-0.05, 0) is 0 Å². The summed E-state index contributed by atoms with van der Waals surface area (Å²) in [4.78, 5) is 0. The van der Waals surface area contributed by atoms with Crippen LogP contribution in [0.1, 0.15) is 118 Å². The van der Waals surface area contributed by atoms with Gasteiger partial charge in [0.05, 0.1) is 0 Å². The molecule has 18 heavy (non-hydrogen) atoms. The summed E-state index contributed by atoms with van der Waals surface area (Å²) >= 11 is 0. The second kappa shape index (κ2) is 17.0. The maximum atomic E-state index is 7.08. The van der Waals surface area contributed by atoms with Gasteiger partial charge in [-0.3, -0.25) is 0 Å². The highest BCUT2D eigenvalue weighted by atomic mass is 14.0. The van der Waals surface area contributed by atoms with E-state index in [0.717, 1.165) is 6.42 Å². The minimum absolute atomic E-state index is 0.623. The van der Waals surface area contributed by atoms with Crippen molar-refractivity contribution in [3.05, 3.63) is 0 Å². The topological polar surface area (TPSA) is 0 Å². The van der Waals surface area contributed by atoms with Gasteiger partial charge in [-0.15, -0.1) is 0 Å². The van der Waals surface area contributed by atoms with E-state index in [9.17, 15) is 0 Å². The first kappa shape index (κ1) is 16.1. The van der Waals surface area contributed by atoms with E-state index in [1.165, 1.54) is 96.3 Å². The van der Waals surface area contributed by atoms with E-state index in [1.807, 2.05) is 0 Å². The van der Waals surface area contributed by atoms with Crippen LogP contribution in [0.25, 0.3) is 0 Å². The average molecular weight is 256 g/mol. The summed E-state index contributed by atoms with van der Waals surface area (Å²) in [6, 6.07) is 0. The average Bonchev–Trinajstić information content (AvgIpc) is 2.43. The molecule has 0 aliphatic heterocycles. The lowest BCUT2D eigenvalue weighted by Gasteiger charge is -2.03. The molecule has 110 valence electrons. The second-order valence-corrected chi connectivity index (χ2v) is 5.80. The van der Waals surface area contributed by atoms with Gasteiger partial charge in [-0.2, -0.15) is 0 Å². The second-order valence-electron chi connectivity index (χ2n) is 5.80. The van der Waals surface area contributed by atoms with Crippen molar-refractivity contribution >= 4 is 0 Å². The predicted octanol–water partition coefficient (Wildman–Crippen LogP) is 7.27. The molecule has 0 atom stereocenters. The first-order valence-electron chi connectivity index (χ1n) is 9.41. The van der Waals surface area contributed by atoms with Gasteiger partial charge in [0.1, 0.15) is 0 Å². The molecule has 0 rings (SSSR count). The molecular formula is C18H38. The molecule has 0 unspecified atom stereocenters. The van der Waals surface area contributed by atoms with Gasteiger partial charge in [0.25, 0.3) is 0 Å². The highest BCUT2D eigenvalue weighted by Crippen LogP contribution is 2.13. The fraction of sp³-hybridized carbons (Fsp3) is 1.00. The van der Waals surface area contributed by atoms with Crippen molar-refractivity contribution in [2.24, 2.45) is 0 Å². The van der Waals surface area contributed by atoms with Gasteiger partial charge in [0.15, 0.2) is 0 Å². The Kier molecular flexibility index (Phi) is 15.2. The standard InChI is InChI=1S/C18H38/c1-3-5-7-9-11-13-15-17-18-16-14-12-10-8-6-4-2/h3-18H2,1-2H3/i1D. The Morgan fingerprint density at radius 2 is 0.722 bits per heavy atom. The summed E-state index contributed by atoms with van der Waals surface area (Å²) in [5.74, 6) is 0. The van der Waals surface area contributed by atoms with Crippen LogP contribution in [0.15, 0.2) is 0 Å². The van der Waals surface area contributed by atoms with E-state index in [0.29, 0.717) is 6.90 Å². The van der Waals surface area contributed by atoms with E-state index >= 15 is 0 Å². The lowest BCUT2D eigenvalue weighted by molar-refractivity contribution is 0.531. The molecule has 0 nitrogen and oxygen atoms in total. The smallest absolute Gasteiger partial charge is 0.0230 e. The third-order valence-electron chi connectivity index (χ3n) is 3.85. The summed E-state index contributed by atoms with van der Waals surface area (Å²) in [7, 11) is 0. The molecule has 0 radical (unpaired) electrons. The van der Waals surface area contributed by atoms with E-state index in [2.05, 4.69) is 6.92 Å². The normalized spacial score (nSPS) is 11.7. The van der Waals surface area contributed by atoms with E-state index in [4.69, 9.17) is 1.37 Å². The van der Waals surface area contributed by atoms with Gasteiger partial charge < -0.3 is 0 Å². The molecule has 0 heteroatoms. The van der Waals surface area contributed by atoms with Gasteiger partial charge in [0, 0.05) is 1.37 Å². The van der Waals surface area contributed by atoms with Gasteiger partial charge >= 0.3 is 0 Å². The predicted molar refractivity (Wildman–Crippen MR) is 85.2 cm³/mol. The third-order valence-corrected chi connectivity index (χ3v) is 3.85. The van der Waals surface area contributed by atoms with E-state index in [1.54, 1.807) is 0 Å². The lowest BCUT2D eigenvalue weighted by Crippen LogP contribution is -1.83. The van der Waals surface area contributed by atoms with Crippen LogP contribution in [0.5, 0.6) is 0 Å². The van der Waals surface area contributed by atoms with Crippen LogP contribution in [0.3, 0.4) is 0 Å². The van der Waals surface area contributed by atoms with Crippen LogP contribution in [-0.4, -0.2) is 0 Å². The molecule has 0 spiro atoms. The maximum Gasteiger partial charge on any atom is 0.0230 e. The molecule has 0 aromatic heterocycles. The first-order chi connectivity index (χ1) is 9.41. The van der Waals surface area contributed by atoms with Crippen LogP contribution in [-0.2, 0) is 0 Å². The summed E-state index contributed by atoms with van der Waals surface area (Å²) < 4.78 is 7.08. The Balaban J connectivity index is 2.88. The zero-order chi connectivity index (χ0) is 14.0. The molecule has 0 amide bonds. The van der Waals surface area contributed by atoms with Crippen molar-refractivity contribution in [2.45, 2.75) is 117 Å². The van der Waals surface area contributed by atoms with Gasteiger partial charge in [0.2, 0.25) is 0 Å². The highest BCUT2D eigenvalue weighted by molar-refractivity contribution is 4.49. The van der Waals surface area contributed by atoms with Crippen LogP contribution in [0.2, 0.25) is 0 Å².